The lowest BCUT2D eigenvalue weighted by Crippen LogP contribution is -2.28. The quantitative estimate of drug-likeness (QED) is 0.626. The van der Waals surface area contributed by atoms with Gasteiger partial charge in [-0.1, -0.05) is 36.9 Å². The average molecular weight is 313 g/mol. The molecule has 104 valence electrons. The summed E-state index contributed by atoms with van der Waals surface area (Å²) in [5.41, 5.74) is -5.28. The fourth-order valence-electron chi connectivity index (χ4n) is 1.25. The van der Waals surface area contributed by atoms with E-state index in [2.05, 4.69) is 17.3 Å². The molecule has 0 aliphatic rings. The van der Waals surface area contributed by atoms with Crippen LogP contribution < -0.4 is 4.18 Å². The molecule has 0 radical (unpaired) electrons. The molecule has 19 heavy (non-hydrogen) atoms. The molecule has 0 saturated heterocycles. The zero-order valence-corrected chi connectivity index (χ0v) is 10.9. The number of hydrogen-bond acceptors (Lipinski definition) is 3. The minimum Gasteiger partial charge on any atom is -0.375 e. The van der Waals surface area contributed by atoms with Crippen LogP contribution >= 0.6 is 11.6 Å². The number of alkyl halides is 3. The van der Waals surface area contributed by atoms with Crippen molar-refractivity contribution in [2.75, 3.05) is 0 Å². The Morgan fingerprint density at radius 2 is 1.68 bits per heavy atom. The predicted octanol–water partition coefficient (Wildman–Crippen LogP) is 3.85. The molecule has 0 atom stereocenters. The lowest BCUT2D eigenvalue weighted by Gasteiger charge is -2.13. The fraction of sp³-hybridized carbons (Fsp3) is 0.0909. The summed E-state index contributed by atoms with van der Waals surface area (Å²) in [6, 6.07) is 2.21. The van der Waals surface area contributed by atoms with Crippen molar-refractivity contribution in [1.29, 1.82) is 0 Å². The van der Waals surface area contributed by atoms with E-state index in [-0.39, 0.29) is 16.1 Å². The summed E-state index contributed by atoms with van der Waals surface area (Å²) in [6.45, 7) is 6.80. The summed E-state index contributed by atoms with van der Waals surface area (Å²) in [5, 5.41) is 0.182. The molecule has 0 bridgehead atoms. The first-order valence-electron chi connectivity index (χ1n) is 4.72. The molecule has 0 spiro atoms. The predicted molar refractivity (Wildman–Crippen MR) is 67.2 cm³/mol. The Morgan fingerprint density at radius 1 is 1.16 bits per heavy atom. The third kappa shape index (κ3) is 3.10. The zero-order valence-electron chi connectivity index (χ0n) is 9.37. The standard InChI is InChI=1S/C11H8ClF3O3S/c1-3-7-8(4-2)10(6-5-9(7)12)18-19(16,17)11(13,14)15/h3-6H,1-2H2. The van der Waals surface area contributed by atoms with Crippen molar-refractivity contribution in [1.82, 2.24) is 0 Å². The second-order valence-corrected chi connectivity index (χ2v) is 5.21. The van der Waals surface area contributed by atoms with Crippen molar-refractivity contribution in [3.05, 3.63) is 41.4 Å². The lowest BCUT2D eigenvalue weighted by atomic mass is 10.1. The van der Waals surface area contributed by atoms with Crippen LogP contribution in [0.1, 0.15) is 11.1 Å². The molecule has 0 heterocycles. The Labute approximate surface area is 113 Å². The van der Waals surface area contributed by atoms with Crippen molar-refractivity contribution >= 4 is 33.9 Å². The van der Waals surface area contributed by atoms with Crippen LogP contribution in [0.2, 0.25) is 5.02 Å². The summed E-state index contributed by atoms with van der Waals surface area (Å²) >= 11 is 5.80. The van der Waals surface area contributed by atoms with Gasteiger partial charge in [-0.25, -0.2) is 0 Å². The highest BCUT2D eigenvalue weighted by Crippen LogP contribution is 2.34. The molecule has 1 aromatic rings. The summed E-state index contributed by atoms with van der Waals surface area (Å²) in [7, 11) is -5.75. The molecule has 3 nitrogen and oxygen atoms in total. The maximum absolute atomic E-state index is 12.2. The van der Waals surface area contributed by atoms with Gasteiger partial charge in [0.15, 0.2) is 5.75 Å². The smallest absolute Gasteiger partial charge is 0.375 e. The number of rotatable bonds is 4. The van der Waals surface area contributed by atoms with Gasteiger partial charge < -0.3 is 4.18 Å². The van der Waals surface area contributed by atoms with E-state index in [1.807, 2.05) is 0 Å². The van der Waals surface area contributed by atoms with Crippen molar-refractivity contribution in [2.24, 2.45) is 0 Å². The largest absolute Gasteiger partial charge is 0.534 e. The molecule has 0 N–H and O–H groups in total. The van der Waals surface area contributed by atoms with Crippen LogP contribution in [-0.4, -0.2) is 13.9 Å². The molecular weight excluding hydrogens is 305 g/mol. The van der Waals surface area contributed by atoms with Crippen molar-refractivity contribution in [2.45, 2.75) is 5.51 Å². The van der Waals surface area contributed by atoms with E-state index in [1.54, 1.807) is 0 Å². The Hall–Kier alpha value is -1.47. The molecule has 0 saturated carbocycles. The fourth-order valence-corrected chi connectivity index (χ4v) is 1.96. The zero-order chi connectivity index (χ0) is 14.8. The van der Waals surface area contributed by atoms with Gasteiger partial charge in [-0.2, -0.15) is 21.6 Å². The summed E-state index contributed by atoms with van der Waals surface area (Å²) in [4.78, 5) is 0. The van der Waals surface area contributed by atoms with E-state index in [9.17, 15) is 21.6 Å². The molecule has 0 unspecified atom stereocenters. The lowest BCUT2D eigenvalue weighted by molar-refractivity contribution is -0.0500. The van der Waals surface area contributed by atoms with Crippen molar-refractivity contribution in [3.8, 4) is 5.75 Å². The van der Waals surface area contributed by atoms with E-state index in [0.29, 0.717) is 0 Å². The maximum Gasteiger partial charge on any atom is 0.534 e. The van der Waals surface area contributed by atoms with Gasteiger partial charge in [-0.05, 0) is 12.1 Å². The third-order valence-corrected chi connectivity index (χ3v) is 3.38. The Kier molecular flexibility index (Phi) is 4.32. The first-order valence-corrected chi connectivity index (χ1v) is 6.50. The van der Waals surface area contributed by atoms with Gasteiger partial charge in [0.1, 0.15) is 0 Å². The Morgan fingerprint density at radius 3 is 2.11 bits per heavy atom. The second kappa shape index (κ2) is 5.26. The van der Waals surface area contributed by atoms with E-state index >= 15 is 0 Å². The van der Waals surface area contributed by atoms with Crippen molar-refractivity contribution in [3.63, 3.8) is 0 Å². The Bertz CT molecular complexity index is 621. The normalized spacial score (nSPS) is 12.0. The van der Waals surface area contributed by atoms with Gasteiger partial charge >= 0.3 is 15.6 Å². The highest BCUT2D eigenvalue weighted by atomic mass is 35.5. The summed E-state index contributed by atoms with van der Waals surface area (Å²) in [6.07, 6.45) is 2.39. The van der Waals surface area contributed by atoms with Gasteiger partial charge in [0, 0.05) is 16.1 Å². The van der Waals surface area contributed by atoms with E-state index in [1.165, 1.54) is 12.1 Å². The molecule has 0 aliphatic carbocycles. The van der Waals surface area contributed by atoms with Crippen LogP contribution in [0.15, 0.2) is 25.3 Å². The minimum atomic E-state index is -5.75. The van der Waals surface area contributed by atoms with Gasteiger partial charge in [-0.3, -0.25) is 0 Å². The second-order valence-electron chi connectivity index (χ2n) is 3.26. The van der Waals surface area contributed by atoms with Crippen molar-refractivity contribution < 1.29 is 25.8 Å². The summed E-state index contributed by atoms with van der Waals surface area (Å²) in [5.74, 6) is -0.522. The molecule has 0 fully saturated rings. The minimum absolute atomic E-state index is 0.00956. The first kappa shape index (κ1) is 15.6. The van der Waals surface area contributed by atoms with Gasteiger partial charge in [0.25, 0.3) is 0 Å². The Balaban J connectivity index is 3.39. The molecule has 1 aromatic carbocycles. The van der Waals surface area contributed by atoms with Crippen LogP contribution in [0, 0.1) is 0 Å². The molecule has 8 heteroatoms. The first-order chi connectivity index (χ1) is 8.64. The summed E-state index contributed by atoms with van der Waals surface area (Å²) < 4.78 is 62.6. The van der Waals surface area contributed by atoms with E-state index < -0.39 is 21.4 Å². The van der Waals surface area contributed by atoms with Crippen LogP contribution in [-0.2, 0) is 10.1 Å². The maximum atomic E-state index is 12.2. The SMILES string of the molecule is C=Cc1c(Cl)ccc(OS(=O)(=O)C(F)(F)F)c1C=C. The number of benzene rings is 1. The van der Waals surface area contributed by atoms with Crippen LogP contribution in [0.3, 0.4) is 0 Å². The molecule has 0 aromatic heterocycles. The monoisotopic (exact) mass is 312 g/mol. The molecule has 0 amide bonds. The topological polar surface area (TPSA) is 43.4 Å². The average Bonchev–Trinajstić information content (AvgIpc) is 2.29. The molecule has 1 rings (SSSR count). The van der Waals surface area contributed by atoms with Gasteiger partial charge in [-0.15, -0.1) is 0 Å². The van der Waals surface area contributed by atoms with E-state index in [0.717, 1.165) is 12.1 Å². The highest BCUT2D eigenvalue weighted by Gasteiger charge is 2.48. The van der Waals surface area contributed by atoms with Gasteiger partial charge in [0.05, 0.1) is 0 Å². The van der Waals surface area contributed by atoms with Crippen LogP contribution in [0.5, 0.6) is 5.75 Å². The molecule has 0 aliphatic heterocycles. The molecular formula is C11H8ClF3O3S. The highest BCUT2D eigenvalue weighted by molar-refractivity contribution is 7.88. The third-order valence-electron chi connectivity index (χ3n) is 2.09. The number of halogens is 4. The number of hydrogen-bond donors (Lipinski definition) is 0. The van der Waals surface area contributed by atoms with Crippen LogP contribution in [0.25, 0.3) is 12.2 Å². The van der Waals surface area contributed by atoms with Gasteiger partial charge in [0.2, 0.25) is 0 Å². The van der Waals surface area contributed by atoms with Crippen LogP contribution in [0.4, 0.5) is 13.2 Å². The van der Waals surface area contributed by atoms with E-state index in [4.69, 9.17) is 11.6 Å².